The lowest BCUT2D eigenvalue weighted by molar-refractivity contribution is 0.199. The molecule has 28 heavy (non-hydrogen) atoms. The van der Waals surface area contributed by atoms with Gasteiger partial charge in [-0.05, 0) is 44.9 Å². The Morgan fingerprint density at radius 1 is 1.21 bits per heavy atom. The lowest BCUT2D eigenvalue weighted by Crippen LogP contribution is -2.33. The van der Waals surface area contributed by atoms with E-state index in [-0.39, 0.29) is 25.5 Å². The van der Waals surface area contributed by atoms with E-state index in [9.17, 15) is 9.67 Å². The van der Waals surface area contributed by atoms with Crippen molar-refractivity contribution in [3.05, 3.63) is 41.9 Å². The van der Waals surface area contributed by atoms with Gasteiger partial charge in [0.15, 0.2) is 11.5 Å². The molecule has 1 heterocycles. The molecule has 1 unspecified atom stereocenters. The molecule has 0 aliphatic rings. The largest absolute Gasteiger partial charge is 0.504 e. The van der Waals surface area contributed by atoms with Gasteiger partial charge in [-0.25, -0.2) is 4.98 Å². The van der Waals surface area contributed by atoms with Crippen LogP contribution >= 0.6 is 7.60 Å². The molecule has 0 amide bonds. The minimum atomic E-state index is -3.61. The fraction of sp³-hybridized carbons (Fsp3) is 0.474. The number of anilines is 1. The van der Waals surface area contributed by atoms with Gasteiger partial charge in [-0.2, -0.15) is 0 Å². The lowest BCUT2D eigenvalue weighted by Gasteiger charge is -2.37. The number of ether oxygens (including phenoxy) is 1. The third kappa shape index (κ3) is 4.46. The highest BCUT2D eigenvalue weighted by Gasteiger charge is 2.49. The highest BCUT2D eigenvalue weighted by molar-refractivity contribution is 7.55. The van der Waals surface area contributed by atoms with E-state index >= 15 is 0 Å². The van der Waals surface area contributed by atoms with E-state index in [1.165, 1.54) is 7.11 Å². The molecule has 2 N–H and O–H groups in total. The van der Waals surface area contributed by atoms with Gasteiger partial charge in [0.25, 0.3) is 0 Å². The van der Waals surface area contributed by atoms with E-state index in [0.717, 1.165) is 0 Å². The summed E-state index contributed by atoms with van der Waals surface area (Å²) in [5.41, 5.74) is 1.25. The highest BCUT2D eigenvalue weighted by atomic mass is 31.2. The van der Waals surface area contributed by atoms with Crippen LogP contribution in [0.1, 0.15) is 31.9 Å². The molecule has 2 rings (SSSR count). The fourth-order valence-electron chi connectivity index (χ4n) is 2.89. The van der Waals surface area contributed by atoms with Crippen molar-refractivity contribution in [1.29, 1.82) is 0 Å². The molecule has 2 aromatic rings. The first-order valence-electron chi connectivity index (χ1n) is 9.08. The predicted octanol–water partition coefficient (Wildman–Crippen LogP) is 4.09. The van der Waals surface area contributed by atoms with Gasteiger partial charge in [-0.15, -0.1) is 0 Å². The predicted molar refractivity (Wildman–Crippen MR) is 108 cm³/mol. The number of methoxy groups -OCH3 is 1. The van der Waals surface area contributed by atoms with Crippen LogP contribution < -0.4 is 10.1 Å². The summed E-state index contributed by atoms with van der Waals surface area (Å²) in [5.74, 6) is 0.870. The van der Waals surface area contributed by atoms with Crippen LogP contribution in [0.4, 0.5) is 5.82 Å². The van der Waals surface area contributed by atoms with Crippen molar-refractivity contribution < 1.29 is 23.5 Å². The Morgan fingerprint density at radius 3 is 2.43 bits per heavy atom. The van der Waals surface area contributed by atoms with Gasteiger partial charge in [0.05, 0.1) is 26.5 Å². The van der Waals surface area contributed by atoms with Gasteiger partial charge in [0, 0.05) is 18.9 Å². The summed E-state index contributed by atoms with van der Waals surface area (Å²) >= 11 is 0. The van der Waals surface area contributed by atoms with Crippen LogP contribution in [0.25, 0.3) is 0 Å². The Morgan fingerprint density at radius 2 is 1.89 bits per heavy atom. The number of aromatic hydroxyl groups is 1. The molecule has 1 aromatic heterocycles. The zero-order valence-corrected chi connectivity index (χ0v) is 17.8. The number of phenolic OH excluding ortho intramolecular Hbond substituents is 1. The molecular weight excluding hydrogens is 381 g/mol. The topological polar surface area (TPSA) is 103 Å². The summed E-state index contributed by atoms with van der Waals surface area (Å²) < 4.78 is 30.5. The van der Waals surface area contributed by atoms with Crippen LogP contribution in [0.2, 0.25) is 0 Å². The number of phenols is 1. The standard InChI is InChI=1S/C19H28N3O5P/c1-6-26-28(24,27-7-2)19(4,13-22-17-12-20-8-9-21-17)15-10-14(3)18(23)16(11-15)25-5/h8-12,23H,6-7,13H2,1-5H3,(H,21,22). The Kier molecular flexibility index (Phi) is 7.41. The van der Waals surface area contributed by atoms with Crippen LogP contribution in [0.15, 0.2) is 30.7 Å². The number of benzene rings is 1. The Bertz CT molecular complexity index is 824. The molecule has 0 aliphatic heterocycles. The van der Waals surface area contributed by atoms with Crippen LogP contribution in [-0.4, -0.2) is 41.9 Å². The molecule has 8 nitrogen and oxygen atoms in total. The summed E-state index contributed by atoms with van der Waals surface area (Å²) in [6, 6.07) is 3.42. The van der Waals surface area contributed by atoms with Gasteiger partial charge in [-0.3, -0.25) is 9.55 Å². The Balaban J connectivity index is 2.57. The number of hydrogen-bond donors (Lipinski definition) is 2. The van der Waals surface area contributed by atoms with Crippen LogP contribution in [0, 0.1) is 6.92 Å². The van der Waals surface area contributed by atoms with Crippen molar-refractivity contribution in [2.75, 3.05) is 32.2 Å². The molecule has 0 saturated carbocycles. The maximum Gasteiger partial charge on any atom is 0.342 e. The van der Waals surface area contributed by atoms with Crippen molar-refractivity contribution in [3.63, 3.8) is 0 Å². The number of rotatable bonds is 10. The summed E-state index contributed by atoms with van der Waals surface area (Å²) in [7, 11) is -2.14. The van der Waals surface area contributed by atoms with E-state index in [4.69, 9.17) is 13.8 Å². The SMILES string of the molecule is CCOP(=O)(OCC)C(C)(CNc1cnccn1)c1cc(C)c(O)c(OC)c1. The molecule has 1 atom stereocenters. The summed E-state index contributed by atoms with van der Waals surface area (Å²) in [5, 5.41) is 12.3. The second-order valence-corrected chi connectivity index (χ2v) is 8.89. The molecule has 0 bridgehead atoms. The van der Waals surface area contributed by atoms with Crippen LogP contribution in [-0.2, 0) is 18.8 Å². The third-order valence-electron chi connectivity index (χ3n) is 4.49. The lowest BCUT2D eigenvalue weighted by atomic mass is 9.97. The van der Waals surface area contributed by atoms with E-state index < -0.39 is 12.8 Å². The number of hydrogen-bond acceptors (Lipinski definition) is 8. The van der Waals surface area contributed by atoms with Crippen molar-refractivity contribution in [2.24, 2.45) is 0 Å². The number of aryl methyl sites for hydroxylation is 1. The maximum atomic E-state index is 13.8. The molecule has 1 aromatic carbocycles. The summed E-state index contributed by atoms with van der Waals surface area (Å²) in [6.07, 6.45) is 4.72. The van der Waals surface area contributed by atoms with E-state index in [1.54, 1.807) is 58.4 Å². The molecule has 0 radical (unpaired) electrons. The van der Waals surface area contributed by atoms with Crippen molar-refractivity contribution in [3.8, 4) is 11.5 Å². The van der Waals surface area contributed by atoms with E-state index in [2.05, 4.69) is 15.3 Å². The highest BCUT2D eigenvalue weighted by Crippen LogP contribution is 2.65. The number of nitrogens with zero attached hydrogens (tertiary/aromatic N) is 2. The van der Waals surface area contributed by atoms with Crippen molar-refractivity contribution >= 4 is 13.4 Å². The van der Waals surface area contributed by atoms with Gasteiger partial charge >= 0.3 is 7.60 Å². The summed E-state index contributed by atoms with van der Waals surface area (Å²) in [4.78, 5) is 8.24. The second kappa shape index (κ2) is 9.37. The smallest absolute Gasteiger partial charge is 0.342 e. The van der Waals surface area contributed by atoms with Gasteiger partial charge < -0.3 is 24.2 Å². The minimum absolute atomic E-state index is 0.0399. The van der Waals surface area contributed by atoms with Gasteiger partial charge in [-0.1, -0.05) is 6.07 Å². The average Bonchev–Trinajstić information content (AvgIpc) is 2.69. The maximum absolute atomic E-state index is 13.8. The average molecular weight is 409 g/mol. The quantitative estimate of drug-likeness (QED) is 0.566. The van der Waals surface area contributed by atoms with Crippen LogP contribution in [0.5, 0.6) is 11.5 Å². The van der Waals surface area contributed by atoms with Crippen molar-refractivity contribution in [2.45, 2.75) is 32.9 Å². The van der Waals surface area contributed by atoms with Gasteiger partial charge in [0.1, 0.15) is 11.0 Å². The molecular formula is C19H28N3O5P. The van der Waals surface area contributed by atoms with Crippen LogP contribution in [0.3, 0.4) is 0 Å². The molecule has 9 heteroatoms. The zero-order chi connectivity index (χ0) is 20.8. The van der Waals surface area contributed by atoms with E-state index in [1.807, 2.05) is 0 Å². The Labute approximate surface area is 165 Å². The number of aromatic nitrogens is 2. The number of nitrogens with one attached hydrogen (secondary N) is 1. The molecule has 0 fully saturated rings. The minimum Gasteiger partial charge on any atom is -0.504 e. The fourth-order valence-corrected chi connectivity index (χ4v) is 4.93. The van der Waals surface area contributed by atoms with Crippen molar-refractivity contribution in [1.82, 2.24) is 9.97 Å². The Hall–Kier alpha value is -2.15. The first-order chi connectivity index (χ1) is 13.3. The molecule has 154 valence electrons. The summed E-state index contributed by atoms with van der Waals surface area (Å²) in [6.45, 7) is 7.75. The normalized spacial score (nSPS) is 13.8. The zero-order valence-electron chi connectivity index (χ0n) is 16.9. The monoisotopic (exact) mass is 409 g/mol. The molecule has 0 saturated heterocycles. The molecule has 0 aliphatic carbocycles. The first-order valence-corrected chi connectivity index (χ1v) is 10.6. The van der Waals surface area contributed by atoms with E-state index in [0.29, 0.717) is 22.7 Å². The third-order valence-corrected chi connectivity index (χ3v) is 7.31. The second-order valence-electron chi connectivity index (χ2n) is 6.40. The first kappa shape index (κ1) is 22.1. The molecule has 0 spiro atoms. The van der Waals surface area contributed by atoms with Gasteiger partial charge in [0.2, 0.25) is 0 Å².